The number of carbonyl (C=O) groups excluding carboxylic acids is 1. The third-order valence-corrected chi connectivity index (χ3v) is 5.74. The van der Waals surface area contributed by atoms with E-state index in [1.165, 1.54) is 24.8 Å². The molecule has 1 fully saturated rings. The molecule has 0 spiro atoms. The number of carbonyl (C=O) groups is 1. The molecule has 1 N–H and O–H groups in total. The van der Waals surface area contributed by atoms with Gasteiger partial charge in [0, 0.05) is 23.8 Å². The molecular weight excluding hydrogens is 336 g/mol. The first-order chi connectivity index (χ1) is 13.0. The SMILES string of the molecule is Cc1nn(-c2ccccc2)c(C)c1CN(C)CC(=O)N[C@@H]1CCCC[C@@H]1C. The Morgan fingerprint density at radius 3 is 2.63 bits per heavy atom. The number of amides is 1. The standard InChI is InChI=1S/C22H32N4O/c1-16-10-8-9-13-21(16)23-22(27)15-25(4)14-20-17(2)24-26(18(20)3)19-11-6-5-7-12-19/h5-7,11-12,16,21H,8-10,13-15H2,1-4H3,(H,23,27)/t16-,21+/m0/s1. The minimum Gasteiger partial charge on any atom is -0.352 e. The van der Waals surface area contributed by atoms with Crippen molar-refractivity contribution in [3.8, 4) is 5.69 Å². The number of hydrogen-bond donors (Lipinski definition) is 1. The Morgan fingerprint density at radius 2 is 1.93 bits per heavy atom. The van der Waals surface area contributed by atoms with Gasteiger partial charge >= 0.3 is 0 Å². The molecule has 1 aromatic heterocycles. The first-order valence-electron chi connectivity index (χ1n) is 10.0. The number of aromatic nitrogens is 2. The molecule has 1 aromatic carbocycles. The molecule has 1 heterocycles. The van der Waals surface area contributed by atoms with Crippen molar-refractivity contribution >= 4 is 5.91 Å². The monoisotopic (exact) mass is 368 g/mol. The molecule has 0 bridgehead atoms. The van der Waals surface area contributed by atoms with Crippen molar-refractivity contribution in [1.29, 1.82) is 0 Å². The number of nitrogens with zero attached hydrogens (tertiary/aromatic N) is 3. The van der Waals surface area contributed by atoms with Crippen molar-refractivity contribution in [3.05, 3.63) is 47.3 Å². The van der Waals surface area contributed by atoms with Crippen LogP contribution in [0.3, 0.4) is 0 Å². The van der Waals surface area contributed by atoms with E-state index in [1.807, 2.05) is 36.9 Å². The molecule has 146 valence electrons. The zero-order valence-corrected chi connectivity index (χ0v) is 17.0. The maximum atomic E-state index is 12.5. The zero-order chi connectivity index (χ0) is 19.4. The predicted molar refractivity (Wildman–Crippen MR) is 109 cm³/mol. The molecule has 0 saturated heterocycles. The molecule has 1 aliphatic carbocycles. The summed E-state index contributed by atoms with van der Waals surface area (Å²) in [4.78, 5) is 14.6. The van der Waals surface area contributed by atoms with Crippen LogP contribution >= 0.6 is 0 Å². The molecule has 27 heavy (non-hydrogen) atoms. The molecule has 0 aliphatic heterocycles. The number of para-hydroxylation sites is 1. The number of likely N-dealkylation sites (N-methyl/N-ethyl adjacent to an activating group) is 1. The van der Waals surface area contributed by atoms with Gasteiger partial charge in [-0.05, 0) is 51.8 Å². The van der Waals surface area contributed by atoms with Crippen molar-refractivity contribution in [1.82, 2.24) is 20.0 Å². The van der Waals surface area contributed by atoms with Crippen LogP contribution < -0.4 is 5.32 Å². The van der Waals surface area contributed by atoms with E-state index >= 15 is 0 Å². The van der Waals surface area contributed by atoms with Crippen LogP contribution in [-0.4, -0.2) is 40.2 Å². The van der Waals surface area contributed by atoms with Gasteiger partial charge in [-0.1, -0.05) is 38.0 Å². The highest BCUT2D eigenvalue weighted by Crippen LogP contribution is 2.24. The molecule has 3 rings (SSSR count). The van der Waals surface area contributed by atoms with E-state index in [0.717, 1.165) is 30.0 Å². The van der Waals surface area contributed by atoms with Crippen LogP contribution in [-0.2, 0) is 11.3 Å². The fourth-order valence-corrected chi connectivity index (χ4v) is 4.08. The van der Waals surface area contributed by atoms with Gasteiger partial charge in [0.1, 0.15) is 0 Å². The molecule has 1 aliphatic rings. The Labute approximate surface area is 162 Å². The van der Waals surface area contributed by atoms with Crippen LogP contribution in [0.1, 0.15) is 49.6 Å². The molecule has 5 heteroatoms. The number of aryl methyl sites for hydroxylation is 1. The van der Waals surface area contributed by atoms with Crippen LogP contribution in [0.2, 0.25) is 0 Å². The van der Waals surface area contributed by atoms with Crippen LogP contribution in [0.5, 0.6) is 0 Å². The van der Waals surface area contributed by atoms with Gasteiger partial charge in [-0.15, -0.1) is 0 Å². The predicted octanol–water partition coefficient (Wildman–Crippen LogP) is 3.62. The molecule has 2 atom stereocenters. The number of rotatable bonds is 6. The van der Waals surface area contributed by atoms with E-state index < -0.39 is 0 Å². The topological polar surface area (TPSA) is 50.2 Å². The summed E-state index contributed by atoms with van der Waals surface area (Å²) in [6, 6.07) is 10.5. The quantitative estimate of drug-likeness (QED) is 0.847. The summed E-state index contributed by atoms with van der Waals surface area (Å²) in [6.45, 7) is 7.52. The Bertz CT molecular complexity index is 768. The van der Waals surface area contributed by atoms with E-state index in [2.05, 4.69) is 36.2 Å². The van der Waals surface area contributed by atoms with Gasteiger partial charge in [0.15, 0.2) is 0 Å². The summed E-state index contributed by atoms with van der Waals surface area (Å²) >= 11 is 0. The van der Waals surface area contributed by atoms with Gasteiger partial charge < -0.3 is 5.32 Å². The summed E-state index contributed by atoms with van der Waals surface area (Å²) in [5.41, 5.74) is 4.41. The highest BCUT2D eigenvalue weighted by Gasteiger charge is 2.23. The summed E-state index contributed by atoms with van der Waals surface area (Å²) in [5, 5.41) is 7.95. The first kappa shape index (κ1) is 19.6. The average molecular weight is 369 g/mol. The Hall–Kier alpha value is -2.14. The van der Waals surface area contributed by atoms with Gasteiger partial charge in [0.2, 0.25) is 5.91 Å². The summed E-state index contributed by atoms with van der Waals surface area (Å²) in [5.74, 6) is 0.712. The second kappa shape index (κ2) is 8.70. The van der Waals surface area contributed by atoms with Crippen molar-refractivity contribution in [3.63, 3.8) is 0 Å². The Kier molecular flexibility index (Phi) is 6.32. The zero-order valence-electron chi connectivity index (χ0n) is 17.0. The summed E-state index contributed by atoms with van der Waals surface area (Å²) in [7, 11) is 2.00. The lowest BCUT2D eigenvalue weighted by atomic mass is 9.86. The fourth-order valence-electron chi connectivity index (χ4n) is 4.08. The van der Waals surface area contributed by atoms with Crippen molar-refractivity contribution in [2.45, 2.75) is 59.0 Å². The van der Waals surface area contributed by atoms with Gasteiger partial charge in [-0.2, -0.15) is 5.10 Å². The molecule has 5 nitrogen and oxygen atoms in total. The maximum absolute atomic E-state index is 12.5. The maximum Gasteiger partial charge on any atom is 0.234 e. The van der Waals surface area contributed by atoms with Gasteiger partial charge in [0.05, 0.1) is 17.9 Å². The van der Waals surface area contributed by atoms with E-state index in [1.54, 1.807) is 0 Å². The molecule has 2 aromatic rings. The molecule has 1 amide bonds. The second-order valence-corrected chi connectivity index (χ2v) is 8.00. The van der Waals surface area contributed by atoms with E-state index in [4.69, 9.17) is 5.10 Å². The lowest BCUT2D eigenvalue weighted by Crippen LogP contribution is -2.44. The Balaban J connectivity index is 1.61. The number of hydrogen-bond acceptors (Lipinski definition) is 3. The van der Waals surface area contributed by atoms with Crippen molar-refractivity contribution in [2.24, 2.45) is 5.92 Å². The van der Waals surface area contributed by atoms with Gasteiger partial charge in [-0.3, -0.25) is 9.69 Å². The van der Waals surface area contributed by atoms with Gasteiger partial charge in [-0.25, -0.2) is 4.68 Å². The lowest BCUT2D eigenvalue weighted by molar-refractivity contribution is -0.123. The lowest BCUT2D eigenvalue weighted by Gasteiger charge is -2.30. The van der Waals surface area contributed by atoms with E-state index in [0.29, 0.717) is 18.5 Å². The molecule has 0 radical (unpaired) electrons. The third-order valence-electron chi connectivity index (χ3n) is 5.74. The van der Waals surface area contributed by atoms with E-state index in [9.17, 15) is 4.79 Å². The van der Waals surface area contributed by atoms with Crippen LogP contribution in [0.15, 0.2) is 30.3 Å². The minimum absolute atomic E-state index is 0.127. The normalized spacial score (nSPS) is 20.0. The molecule has 1 saturated carbocycles. The number of benzene rings is 1. The van der Waals surface area contributed by atoms with Crippen LogP contribution in [0, 0.1) is 19.8 Å². The fraction of sp³-hybridized carbons (Fsp3) is 0.545. The van der Waals surface area contributed by atoms with Crippen LogP contribution in [0.4, 0.5) is 0 Å². The average Bonchev–Trinajstić information content (AvgIpc) is 2.92. The van der Waals surface area contributed by atoms with Crippen molar-refractivity contribution < 1.29 is 4.79 Å². The highest BCUT2D eigenvalue weighted by atomic mass is 16.2. The van der Waals surface area contributed by atoms with Crippen LogP contribution in [0.25, 0.3) is 5.69 Å². The summed E-state index contributed by atoms with van der Waals surface area (Å²) < 4.78 is 1.99. The summed E-state index contributed by atoms with van der Waals surface area (Å²) in [6.07, 6.45) is 4.84. The molecular formula is C22H32N4O. The number of nitrogens with one attached hydrogen (secondary N) is 1. The molecule has 0 unspecified atom stereocenters. The highest BCUT2D eigenvalue weighted by molar-refractivity contribution is 5.78. The van der Waals surface area contributed by atoms with Crippen molar-refractivity contribution in [2.75, 3.05) is 13.6 Å². The second-order valence-electron chi connectivity index (χ2n) is 8.00. The first-order valence-corrected chi connectivity index (χ1v) is 10.0. The largest absolute Gasteiger partial charge is 0.352 e. The Morgan fingerprint density at radius 1 is 1.22 bits per heavy atom. The smallest absolute Gasteiger partial charge is 0.234 e. The van der Waals surface area contributed by atoms with Gasteiger partial charge in [0.25, 0.3) is 0 Å². The minimum atomic E-state index is 0.127. The third kappa shape index (κ3) is 4.78. The van der Waals surface area contributed by atoms with E-state index in [-0.39, 0.29) is 5.91 Å².